The van der Waals surface area contributed by atoms with Crippen molar-refractivity contribution in [3.8, 4) is 16.9 Å². The van der Waals surface area contributed by atoms with E-state index >= 15 is 0 Å². The van der Waals surface area contributed by atoms with E-state index in [1.807, 2.05) is 0 Å². The number of phenolic OH excluding ortho intramolecular Hbond substituents is 1. The Morgan fingerprint density at radius 3 is 2.58 bits per heavy atom. The molecule has 3 nitrogen and oxygen atoms in total. The van der Waals surface area contributed by atoms with Gasteiger partial charge in [0.05, 0.1) is 12.7 Å². The van der Waals surface area contributed by atoms with Gasteiger partial charge in [0.25, 0.3) is 0 Å². The second-order valence-electron chi connectivity index (χ2n) is 3.85. The first-order valence-corrected chi connectivity index (χ1v) is 6.19. The van der Waals surface area contributed by atoms with Gasteiger partial charge in [-0.2, -0.15) is 0 Å². The number of aromatic hydroxyl groups is 1. The Morgan fingerprint density at radius 1 is 1.21 bits per heavy atom. The fourth-order valence-electron chi connectivity index (χ4n) is 1.71. The molecule has 2 aromatic carbocycles. The van der Waals surface area contributed by atoms with Gasteiger partial charge in [0.1, 0.15) is 11.6 Å². The summed E-state index contributed by atoms with van der Waals surface area (Å²) in [6.45, 7) is 0. The minimum atomic E-state index is -0.558. The fourth-order valence-corrected chi connectivity index (χ4v) is 2.06. The van der Waals surface area contributed by atoms with Gasteiger partial charge in [0, 0.05) is 15.6 Å². The Hall–Kier alpha value is -1.88. The number of benzene rings is 2. The molecule has 0 heterocycles. The zero-order valence-corrected chi connectivity index (χ0v) is 11.6. The number of carbonyl (C=O) groups excluding carboxylic acids is 1. The highest BCUT2D eigenvalue weighted by atomic mass is 79.9. The average Bonchev–Trinajstić information content (AvgIpc) is 2.39. The number of esters is 1. The summed E-state index contributed by atoms with van der Waals surface area (Å²) in [6, 6.07) is 8.56. The highest BCUT2D eigenvalue weighted by Gasteiger charge is 2.14. The molecule has 0 saturated carbocycles. The molecule has 0 aliphatic carbocycles. The molecular weight excluding hydrogens is 315 g/mol. The van der Waals surface area contributed by atoms with Crippen molar-refractivity contribution in [1.29, 1.82) is 0 Å². The standard InChI is InChI=1S/C14H10BrFO3/c1-19-14(18)8-2-5-12(16)11(6-8)10-4-3-9(15)7-13(10)17/h2-7,17H,1H3. The van der Waals surface area contributed by atoms with Gasteiger partial charge < -0.3 is 9.84 Å². The van der Waals surface area contributed by atoms with Gasteiger partial charge in [-0.15, -0.1) is 0 Å². The Kier molecular flexibility index (Phi) is 3.85. The highest BCUT2D eigenvalue weighted by molar-refractivity contribution is 9.10. The van der Waals surface area contributed by atoms with Gasteiger partial charge in [-0.25, -0.2) is 9.18 Å². The Balaban J connectivity index is 2.57. The van der Waals surface area contributed by atoms with Gasteiger partial charge in [0.15, 0.2) is 0 Å². The summed E-state index contributed by atoms with van der Waals surface area (Å²) in [7, 11) is 1.25. The van der Waals surface area contributed by atoms with E-state index in [9.17, 15) is 14.3 Å². The SMILES string of the molecule is COC(=O)c1ccc(F)c(-c2ccc(Br)cc2O)c1. The second kappa shape index (κ2) is 5.40. The lowest BCUT2D eigenvalue weighted by Gasteiger charge is -2.08. The summed E-state index contributed by atoms with van der Waals surface area (Å²) in [5, 5.41) is 9.84. The minimum absolute atomic E-state index is 0.0738. The zero-order chi connectivity index (χ0) is 14.0. The van der Waals surface area contributed by atoms with Gasteiger partial charge in [-0.3, -0.25) is 0 Å². The third-order valence-corrected chi connectivity index (χ3v) is 3.13. The first-order valence-electron chi connectivity index (χ1n) is 5.39. The van der Waals surface area contributed by atoms with E-state index in [0.717, 1.165) is 0 Å². The van der Waals surface area contributed by atoms with E-state index < -0.39 is 11.8 Å². The molecule has 0 unspecified atom stereocenters. The maximum absolute atomic E-state index is 13.8. The van der Waals surface area contributed by atoms with Crippen molar-refractivity contribution in [2.24, 2.45) is 0 Å². The van der Waals surface area contributed by atoms with Gasteiger partial charge in [0.2, 0.25) is 0 Å². The van der Waals surface area contributed by atoms with Crippen LogP contribution in [0.15, 0.2) is 40.9 Å². The van der Waals surface area contributed by atoms with Crippen molar-refractivity contribution < 1.29 is 19.0 Å². The zero-order valence-electron chi connectivity index (χ0n) is 9.98. The third kappa shape index (κ3) is 2.76. The molecule has 0 amide bonds. The molecule has 0 saturated heterocycles. The monoisotopic (exact) mass is 324 g/mol. The molecule has 1 N–H and O–H groups in total. The number of methoxy groups -OCH3 is 1. The number of hydrogen-bond acceptors (Lipinski definition) is 3. The van der Waals surface area contributed by atoms with Crippen LogP contribution in [0.4, 0.5) is 4.39 Å². The Morgan fingerprint density at radius 2 is 1.95 bits per heavy atom. The smallest absolute Gasteiger partial charge is 0.337 e. The van der Waals surface area contributed by atoms with Crippen LogP contribution in [0, 0.1) is 5.82 Å². The first-order chi connectivity index (χ1) is 9.02. The maximum atomic E-state index is 13.8. The molecule has 0 aliphatic rings. The van der Waals surface area contributed by atoms with Crippen LogP contribution in [0.25, 0.3) is 11.1 Å². The molecule has 0 aromatic heterocycles. The van der Waals surface area contributed by atoms with Crippen LogP contribution in [-0.4, -0.2) is 18.2 Å². The van der Waals surface area contributed by atoms with E-state index in [4.69, 9.17) is 0 Å². The van der Waals surface area contributed by atoms with E-state index in [1.165, 1.54) is 31.4 Å². The molecule has 0 spiro atoms. The molecule has 0 fully saturated rings. The fraction of sp³-hybridized carbons (Fsp3) is 0.0714. The molecule has 0 radical (unpaired) electrons. The molecule has 2 rings (SSSR count). The van der Waals surface area contributed by atoms with Gasteiger partial charge in [-0.05, 0) is 36.4 Å². The van der Waals surface area contributed by atoms with E-state index in [2.05, 4.69) is 20.7 Å². The van der Waals surface area contributed by atoms with Crippen molar-refractivity contribution in [2.45, 2.75) is 0 Å². The highest BCUT2D eigenvalue weighted by Crippen LogP contribution is 2.33. The summed E-state index contributed by atoms with van der Waals surface area (Å²) >= 11 is 3.21. The largest absolute Gasteiger partial charge is 0.507 e. The molecule has 19 heavy (non-hydrogen) atoms. The van der Waals surface area contributed by atoms with Crippen LogP contribution >= 0.6 is 15.9 Å². The first kappa shape index (κ1) is 13.5. The molecule has 5 heteroatoms. The van der Waals surface area contributed by atoms with Crippen molar-refractivity contribution in [2.75, 3.05) is 7.11 Å². The van der Waals surface area contributed by atoms with E-state index in [0.29, 0.717) is 10.0 Å². The number of ether oxygens (including phenoxy) is 1. The lowest BCUT2D eigenvalue weighted by Crippen LogP contribution is -2.02. The van der Waals surface area contributed by atoms with Crippen LogP contribution in [0.1, 0.15) is 10.4 Å². The summed E-state index contributed by atoms with van der Waals surface area (Å²) in [6.07, 6.45) is 0. The van der Waals surface area contributed by atoms with Crippen molar-refractivity contribution in [3.63, 3.8) is 0 Å². The Bertz CT molecular complexity index is 641. The normalized spacial score (nSPS) is 10.3. The summed E-state index contributed by atoms with van der Waals surface area (Å²) in [5.74, 6) is -1.15. The number of hydrogen-bond donors (Lipinski definition) is 1. The predicted octanol–water partition coefficient (Wildman–Crippen LogP) is 3.75. The number of halogens is 2. The topological polar surface area (TPSA) is 46.5 Å². The van der Waals surface area contributed by atoms with Crippen molar-refractivity contribution in [3.05, 3.63) is 52.3 Å². The average molecular weight is 325 g/mol. The molecule has 2 aromatic rings. The van der Waals surface area contributed by atoms with Crippen LogP contribution in [0.2, 0.25) is 0 Å². The summed E-state index contributed by atoms with van der Waals surface area (Å²) in [5.41, 5.74) is 0.681. The minimum Gasteiger partial charge on any atom is -0.507 e. The van der Waals surface area contributed by atoms with Gasteiger partial charge >= 0.3 is 5.97 Å². The lowest BCUT2D eigenvalue weighted by atomic mass is 10.0. The number of carbonyl (C=O) groups is 1. The molecule has 98 valence electrons. The third-order valence-electron chi connectivity index (χ3n) is 2.64. The quantitative estimate of drug-likeness (QED) is 0.856. The Labute approximate surface area is 117 Å². The summed E-state index contributed by atoms with van der Waals surface area (Å²) in [4.78, 5) is 11.4. The van der Waals surface area contributed by atoms with Crippen molar-refractivity contribution in [1.82, 2.24) is 0 Å². The lowest BCUT2D eigenvalue weighted by molar-refractivity contribution is 0.0600. The molecule has 0 aliphatic heterocycles. The number of phenols is 1. The maximum Gasteiger partial charge on any atom is 0.337 e. The molecule has 0 atom stereocenters. The van der Waals surface area contributed by atoms with E-state index in [1.54, 1.807) is 12.1 Å². The van der Waals surface area contributed by atoms with Gasteiger partial charge in [-0.1, -0.05) is 15.9 Å². The number of rotatable bonds is 2. The summed E-state index contributed by atoms with van der Waals surface area (Å²) < 4.78 is 19.1. The molecule has 0 bridgehead atoms. The van der Waals surface area contributed by atoms with Crippen LogP contribution < -0.4 is 0 Å². The van der Waals surface area contributed by atoms with Crippen LogP contribution in [0.3, 0.4) is 0 Å². The second-order valence-corrected chi connectivity index (χ2v) is 4.76. The predicted molar refractivity (Wildman–Crippen MR) is 72.5 cm³/mol. The van der Waals surface area contributed by atoms with Crippen molar-refractivity contribution >= 4 is 21.9 Å². The van der Waals surface area contributed by atoms with Crippen LogP contribution in [-0.2, 0) is 4.74 Å². The van der Waals surface area contributed by atoms with E-state index in [-0.39, 0.29) is 16.9 Å². The van der Waals surface area contributed by atoms with Crippen LogP contribution in [0.5, 0.6) is 5.75 Å². The molecular formula is C14H10BrFO3.